The Hall–Kier alpha value is -2.38. The summed E-state index contributed by atoms with van der Waals surface area (Å²) in [5.41, 5.74) is -1.33. The fourth-order valence-corrected chi connectivity index (χ4v) is 1.78. The standard InChI is InChI=1S/C15H19F2NO5/c1-14(2,3)23-13(21)18-9-5-6-11(22-4)10(7-9)15(16,17)8-12(19)20/h5-7H,8H2,1-4H3,(H,18,21)(H,19,20). The van der Waals surface area contributed by atoms with Crippen LogP contribution in [-0.4, -0.2) is 29.9 Å². The molecule has 0 heterocycles. The van der Waals surface area contributed by atoms with Crippen molar-refractivity contribution in [1.29, 1.82) is 0 Å². The lowest BCUT2D eigenvalue weighted by Gasteiger charge is -2.21. The Bertz CT molecular complexity index is 596. The number of carbonyl (C=O) groups is 2. The molecule has 0 aromatic heterocycles. The molecule has 0 bridgehead atoms. The summed E-state index contributed by atoms with van der Waals surface area (Å²) in [5, 5.41) is 10.9. The van der Waals surface area contributed by atoms with Crippen LogP contribution < -0.4 is 10.1 Å². The molecule has 0 atom stereocenters. The van der Waals surface area contributed by atoms with Crippen LogP contribution in [0.2, 0.25) is 0 Å². The number of rotatable bonds is 5. The number of carboxylic acids is 1. The highest BCUT2D eigenvalue weighted by molar-refractivity contribution is 5.85. The number of carbonyl (C=O) groups excluding carboxylic acids is 1. The van der Waals surface area contributed by atoms with Crippen molar-refractivity contribution in [3.63, 3.8) is 0 Å². The SMILES string of the molecule is COc1ccc(NC(=O)OC(C)(C)C)cc1C(F)(F)CC(=O)O. The number of alkyl halides is 2. The summed E-state index contributed by atoms with van der Waals surface area (Å²) in [6.45, 7) is 4.98. The first-order valence-electron chi connectivity index (χ1n) is 6.73. The molecule has 0 saturated heterocycles. The lowest BCUT2D eigenvalue weighted by Crippen LogP contribution is -2.27. The molecule has 2 N–H and O–H groups in total. The summed E-state index contributed by atoms with van der Waals surface area (Å²) in [7, 11) is 1.19. The Balaban J connectivity index is 3.08. The summed E-state index contributed by atoms with van der Waals surface area (Å²) in [5.74, 6) is -5.48. The topological polar surface area (TPSA) is 84.9 Å². The van der Waals surface area contributed by atoms with Gasteiger partial charge in [-0.25, -0.2) is 13.6 Å². The van der Waals surface area contributed by atoms with Gasteiger partial charge in [-0.05, 0) is 39.0 Å². The molecule has 0 aliphatic carbocycles. The van der Waals surface area contributed by atoms with Crippen molar-refractivity contribution >= 4 is 17.7 Å². The minimum atomic E-state index is -3.65. The van der Waals surface area contributed by atoms with E-state index in [1.807, 2.05) is 0 Å². The summed E-state index contributed by atoms with van der Waals surface area (Å²) in [4.78, 5) is 22.3. The number of carboxylic acid groups (broad SMARTS) is 1. The van der Waals surface area contributed by atoms with E-state index in [4.69, 9.17) is 14.6 Å². The van der Waals surface area contributed by atoms with Crippen LogP contribution >= 0.6 is 0 Å². The number of halogens is 2. The van der Waals surface area contributed by atoms with Crippen molar-refractivity contribution < 1.29 is 33.0 Å². The number of benzene rings is 1. The number of hydrogen-bond donors (Lipinski definition) is 2. The molecule has 0 fully saturated rings. The van der Waals surface area contributed by atoms with Crippen LogP contribution in [0.3, 0.4) is 0 Å². The predicted molar refractivity (Wildman–Crippen MR) is 79.0 cm³/mol. The molecule has 1 aromatic carbocycles. The number of hydrogen-bond acceptors (Lipinski definition) is 4. The molecule has 0 radical (unpaired) electrons. The monoisotopic (exact) mass is 331 g/mol. The first kappa shape index (κ1) is 18.7. The van der Waals surface area contributed by atoms with E-state index in [0.717, 1.165) is 6.07 Å². The normalized spacial score (nSPS) is 11.7. The number of aliphatic carboxylic acids is 1. The Morgan fingerprint density at radius 3 is 2.35 bits per heavy atom. The second-order valence-corrected chi connectivity index (χ2v) is 5.82. The highest BCUT2D eigenvalue weighted by Crippen LogP contribution is 2.39. The van der Waals surface area contributed by atoms with E-state index in [9.17, 15) is 18.4 Å². The van der Waals surface area contributed by atoms with Gasteiger partial charge in [0.15, 0.2) is 0 Å². The minimum Gasteiger partial charge on any atom is -0.496 e. The third-order valence-electron chi connectivity index (χ3n) is 2.61. The zero-order chi connectivity index (χ0) is 17.8. The summed E-state index contributed by atoms with van der Waals surface area (Å²) < 4.78 is 37.9. The predicted octanol–water partition coefficient (Wildman–Crippen LogP) is 3.61. The van der Waals surface area contributed by atoms with Crippen LogP contribution in [0.4, 0.5) is 19.3 Å². The van der Waals surface area contributed by atoms with Crippen molar-refractivity contribution in [1.82, 2.24) is 0 Å². The maximum absolute atomic E-state index is 14.0. The summed E-state index contributed by atoms with van der Waals surface area (Å²) in [6, 6.07) is 3.53. The summed E-state index contributed by atoms with van der Waals surface area (Å²) >= 11 is 0. The van der Waals surface area contributed by atoms with Gasteiger partial charge < -0.3 is 14.6 Å². The average molecular weight is 331 g/mol. The van der Waals surface area contributed by atoms with Gasteiger partial charge in [0.05, 0.1) is 12.7 Å². The highest BCUT2D eigenvalue weighted by atomic mass is 19.3. The van der Waals surface area contributed by atoms with Crippen molar-refractivity contribution in [3.8, 4) is 5.75 Å². The van der Waals surface area contributed by atoms with E-state index in [1.165, 1.54) is 19.2 Å². The molecule has 23 heavy (non-hydrogen) atoms. The van der Waals surface area contributed by atoms with Gasteiger partial charge >= 0.3 is 12.1 Å². The molecule has 1 rings (SSSR count). The first-order valence-corrected chi connectivity index (χ1v) is 6.73. The second kappa shape index (κ2) is 6.80. The van der Waals surface area contributed by atoms with E-state index >= 15 is 0 Å². The molecule has 128 valence electrons. The van der Waals surface area contributed by atoms with Gasteiger partial charge in [0.1, 0.15) is 17.8 Å². The van der Waals surface area contributed by atoms with Crippen molar-refractivity contribution in [2.75, 3.05) is 12.4 Å². The Labute approximate surface area is 132 Å². The van der Waals surface area contributed by atoms with Crippen molar-refractivity contribution in [2.45, 2.75) is 38.7 Å². The van der Waals surface area contributed by atoms with Crippen LogP contribution in [0.15, 0.2) is 18.2 Å². The van der Waals surface area contributed by atoms with Gasteiger partial charge in [-0.2, -0.15) is 0 Å². The van der Waals surface area contributed by atoms with E-state index in [2.05, 4.69) is 5.32 Å². The fourth-order valence-electron chi connectivity index (χ4n) is 1.78. The molecule has 6 nitrogen and oxygen atoms in total. The first-order chi connectivity index (χ1) is 10.4. The van der Waals surface area contributed by atoms with Gasteiger partial charge in [-0.1, -0.05) is 0 Å². The Kier molecular flexibility index (Phi) is 5.52. The second-order valence-electron chi connectivity index (χ2n) is 5.82. The van der Waals surface area contributed by atoms with E-state index in [1.54, 1.807) is 20.8 Å². The van der Waals surface area contributed by atoms with E-state index in [-0.39, 0.29) is 11.4 Å². The van der Waals surface area contributed by atoms with Gasteiger partial charge in [-0.15, -0.1) is 0 Å². The fraction of sp³-hybridized carbons (Fsp3) is 0.467. The third kappa shape index (κ3) is 5.72. The number of anilines is 1. The van der Waals surface area contributed by atoms with Gasteiger partial charge in [0.2, 0.25) is 0 Å². The number of amides is 1. The molecule has 8 heteroatoms. The number of methoxy groups -OCH3 is 1. The van der Waals surface area contributed by atoms with Gasteiger partial charge in [0, 0.05) is 5.69 Å². The Morgan fingerprint density at radius 2 is 1.87 bits per heavy atom. The molecule has 0 unspecified atom stereocenters. The third-order valence-corrected chi connectivity index (χ3v) is 2.61. The van der Waals surface area contributed by atoms with Crippen LogP contribution in [0.5, 0.6) is 5.75 Å². The molecule has 1 aromatic rings. The highest BCUT2D eigenvalue weighted by Gasteiger charge is 2.38. The molecule has 0 aliphatic heterocycles. The largest absolute Gasteiger partial charge is 0.496 e. The van der Waals surface area contributed by atoms with Crippen LogP contribution in [-0.2, 0) is 15.5 Å². The summed E-state index contributed by atoms with van der Waals surface area (Å²) in [6.07, 6.45) is -2.20. The van der Waals surface area contributed by atoms with Crippen LogP contribution in [0.25, 0.3) is 0 Å². The van der Waals surface area contributed by atoms with E-state index in [0.29, 0.717) is 0 Å². The number of ether oxygens (including phenoxy) is 2. The molecular weight excluding hydrogens is 312 g/mol. The molecular formula is C15H19F2NO5. The molecule has 0 spiro atoms. The number of nitrogens with one attached hydrogen (secondary N) is 1. The molecule has 0 saturated carbocycles. The molecule has 0 aliphatic rings. The maximum atomic E-state index is 14.0. The Morgan fingerprint density at radius 1 is 1.26 bits per heavy atom. The lowest BCUT2D eigenvalue weighted by molar-refractivity contribution is -0.145. The van der Waals surface area contributed by atoms with Crippen LogP contribution in [0, 0.1) is 0 Å². The van der Waals surface area contributed by atoms with Crippen molar-refractivity contribution in [2.24, 2.45) is 0 Å². The zero-order valence-corrected chi connectivity index (χ0v) is 13.3. The average Bonchev–Trinajstić information content (AvgIpc) is 2.34. The quantitative estimate of drug-likeness (QED) is 0.861. The van der Waals surface area contributed by atoms with Crippen LogP contribution in [0.1, 0.15) is 32.8 Å². The zero-order valence-electron chi connectivity index (χ0n) is 13.3. The molecule has 1 amide bonds. The minimum absolute atomic E-state index is 0.0418. The van der Waals surface area contributed by atoms with Gasteiger partial charge in [-0.3, -0.25) is 10.1 Å². The smallest absolute Gasteiger partial charge is 0.412 e. The maximum Gasteiger partial charge on any atom is 0.412 e. The lowest BCUT2D eigenvalue weighted by atomic mass is 10.0. The van der Waals surface area contributed by atoms with E-state index < -0.39 is 35.6 Å². The van der Waals surface area contributed by atoms with Gasteiger partial charge in [0.25, 0.3) is 5.92 Å². The van der Waals surface area contributed by atoms with Crippen molar-refractivity contribution in [3.05, 3.63) is 23.8 Å².